The Balaban J connectivity index is 2.10. The molecule has 4 N–H and O–H groups in total. The lowest BCUT2D eigenvalue weighted by molar-refractivity contribution is 0.415. The number of nitrogens with two attached hydrogens (primary N) is 1. The molecule has 0 saturated carbocycles. The van der Waals surface area contributed by atoms with Crippen LogP contribution in [0.1, 0.15) is 5.69 Å². The number of ether oxygens (including phenoxy) is 1. The second-order valence-corrected chi connectivity index (χ2v) is 4.32. The van der Waals surface area contributed by atoms with Crippen LogP contribution in [-0.4, -0.2) is 12.1 Å². The Morgan fingerprint density at radius 2 is 2.35 bits per heavy atom. The summed E-state index contributed by atoms with van der Waals surface area (Å²) >= 11 is 1.14. The number of aromatic amines is 1. The number of nitrogen functional groups attached to an aromatic ring is 1. The van der Waals surface area contributed by atoms with E-state index in [1.165, 1.54) is 0 Å². The SMILES string of the molecule is COc1ccc(N)c(NCc2csc(=O)[nH]2)c1. The summed E-state index contributed by atoms with van der Waals surface area (Å²) in [6.07, 6.45) is 0. The van der Waals surface area contributed by atoms with Gasteiger partial charge in [0.25, 0.3) is 0 Å². The van der Waals surface area contributed by atoms with E-state index in [1.54, 1.807) is 24.6 Å². The Kier molecular flexibility index (Phi) is 3.34. The molecule has 0 fully saturated rings. The van der Waals surface area contributed by atoms with Crippen molar-refractivity contribution in [3.8, 4) is 5.75 Å². The molecule has 5 nitrogen and oxygen atoms in total. The number of thiazole rings is 1. The third-order valence-corrected chi connectivity index (χ3v) is 3.02. The maximum Gasteiger partial charge on any atom is 0.304 e. The molecule has 0 atom stereocenters. The van der Waals surface area contributed by atoms with Gasteiger partial charge in [-0.05, 0) is 12.1 Å². The third-order valence-electron chi connectivity index (χ3n) is 2.30. The molecule has 0 bridgehead atoms. The lowest BCUT2D eigenvalue weighted by Crippen LogP contribution is -2.05. The molecule has 90 valence electrons. The second-order valence-electron chi connectivity index (χ2n) is 3.48. The third kappa shape index (κ3) is 2.79. The van der Waals surface area contributed by atoms with Crippen LogP contribution in [-0.2, 0) is 6.54 Å². The number of nitrogens with one attached hydrogen (secondary N) is 2. The quantitative estimate of drug-likeness (QED) is 0.722. The molecule has 0 saturated heterocycles. The molecule has 6 heteroatoms. The first-order valence-corrected chi connectivity index (χ1v) is 5.91. The first kappa shape index (κ1) is 11.5. The Labute approximate surface area is 102 Å². The van der Waals surface area contributed by atoms with E-state index in [1.807, 2.05) is 6.07 Å². The lowest BCUT2D eigenvalue weighted by atomic mass is 10.2. The van der Waals surface area contributed by atoms with E-state index in [9.17, 15) is 4.79 Å². The molecule has 0 radical (unpaired) electrons. The van der Waals surface area contributed by atoms with E-state index < -0.39 is 0 Å². The van der Waals surface area contributed by atoms with Crippen LogP contribution in [0.3, 0.4) is 0 Å². The van der Waals surface area contributed by atoms with Gasteiger partial charge in [-0.1, -0.05) is 11.3 Å². The predicted molar refractivity (Wildman–Crippen MR) is 69.7 cm³/mol. The van der Waals surface area contributed by atoms with Crippen LogP contribution in [0.5, 0.6) is 5.75 Å². The average Bonchev–Trinajstić information content (AvgIpc) is 2.74. The zero-order valence-electron chi connectivity index (χ0n) is 9.32. The smallest absolute Gasteiger partial charge is 0.304 e. The van der Waals surface area contributed by atoms with Gasteiger partial charge < -0.3 is 20.8 Å². The molecular weight excluding hydrogens is 238 g/mol. The summed E-state index contributed by atoms with van der Waals surface area (Å²) in [5, 5.41) is 4.93. The topological polar surface area (TPSA) is 80.1 Å². The van der Waals surface area contributed by atoms with Gasteiger partial charge in [-0.2, -0.15) is 0 Å². The van der Waals surface area contributed by atoms with Crippen molar-refractivity contribution in [3.05, 3.63) is 38.9 Å². The standard InChI is InChI=1S/C11H13N3O2S/c1-16-8-2-3-9(12)10(4-8)13-5-7-6-17-11(15)14-7/h2-4,6,13H,5,12H2,1H3,(H,14,15). The number of benzene rings is 1. The fourth-order valence-electron chi connectivity index (χ4n) is 1.41. The van der Waals surface area contributed by atoms with Crippen LogP contribution in [0.4, 0.5) is 11.4 Å². The van der Waals surface area contributed by atoms with Gasteiger partial charge in [-0.3, -0.25) is 4.79 Å². The number of H-pyrrole nitrogens is 1. The number of aromatic nitrogens is 1. The molecule has 0 aliphatic heterocycles. The monoisotopic (exact) mass is 251 g/mol. The summed E-state index contributed by atoms with van der Waals surface area (Å²) in [7, 11) is 1.60. The van der Waals surface area contributed by atoms with E-state index in [4.69, 9.17) is 10.5 Å². The summed E-state index contributed by atoms with van der Waals surface area (Å²) < 4.78 is 5.11. The number of anilines is 2. The molecule has 2 aromatic rings. The van der Waals surface area contributed by atoms with Crippen LogP contribution in [0.25, 0.3) is 0 Å². The minimum atomic E-state index is -0.0552. The maximum atomic E-state index is 11.0. The van der Waals surface area contributed by atoms with Crippen LogP contribution in [0, 0.1) is 0 Å². The highest BCUT2D eigenvalue weighted by Crippen LogP contribution is 2.24. The van der Waals surface area contributed by atoms with Crippen molar-refractivity contribution in [3.63, 3.8) is 0 Å². The van der Waals surface area contributed by atoms with Gasteiger partial charge in [0.05, 0.1) is 25.0 Å². The second kappa shape index (κ2) is 4.92. The Morgan fingerprint density at radius 1 is 1.53 bits per heavy atom. The van der Waals surface area contributed by atoms with Gasteiger partial charge in [-0.25, -0.2) is 0 Å². The first-order chi connectivity index (χ1) is 8.19. The summed E-state index contributed by atoms with van der Waals surface area (Å²) in [5.74, 6) is 0.737. The molecule has 17 heavy (non-hydrogen) atoms. The molecule has 0 aliphatic carbocycles. The Morgan fingerprint density at radius 3 is 3.00 bits per heavy atom. The van der Waals surface area contributed by atoms with E-state index in [2.05, 4.69) is 10.3 Å². The minimum Gasteiger partial charge on any atom is -0.497 e. The summed E-state index contributed by atoms with van der Waals surface area (Å²) in [4.78, 5) is 13.6. The van der Waals surface area contributed by atoms with Crippen molar-refractivity contribution in [1.82, 2.24) is 4.98 Å². The molecule has 1 aromatic carbocycles. The van der Waals surface area contributed by atoms with Crippen LogP contribution in [0.15, 0.2) is 28.4 Å². The fourth-order valence-corrected chi connectivity index (χ4v) is 1.99. The number of methoxy groups -OCH3 is 1. The van der Waals surface area contributed by atoms with Gasteiger partial charge >= 0.3 is 4.87 Å². The molecule has 0 spiro atoms. The van der Waals surface area contributed by atoms with E-state index >= 15 is 0 Å². The first-order valence-electron chi connectivity index (χ1n) is 5.03. The largest absolute Gasteiger partial charge is 0.497 e. The number of hydrogen-bond acceptors (Lipinski definition) is 5. The normalized spacial score (nSPS) is 10.2. The lowest BCUT2D eigenvalue weighted by Gasteiger charge is -2.09. The molecular formula is C11H13N3O2S. The van der Waals surface area contributed by atoms with Gasteiger partial charge in [-0.15, -0.1) is 0 Å². The van der Waals surface area contributed by atoms with Gasteiger partial charge in [0.2, 0.25) is 0 Å². The van der Waals surface area contributed by atoms with Crippen LogP contribution < -0.4 is 20.7 Å². The van der Waals surface area contributed by atoms with Crippen molar-refractivity contribution >= 4 is 22.7 Å². The van der Waals surface area contributed by atoms with Crippen LogP contribution in [0.2, 0.25) is 0 Å². The highest BCUT2D eigenvalue weighted by molar-refractivity contribution is 7.07. The van der Waals surface area contributed by atoms with Gasteiger partial charge in [0, 0.05) is 17.1 Å². The number of rotatable bonds is 4. The van der Waals surface area contributed by atoms with Crippen molar-refractivity contribution in [2.75, 3.05) is 18.2 Å². The maximum absolute atomic E-state index is 11.0. The highest BCUT2D eigenvalue weighted by Gasteiger charge is 2.02. The fraction of sp³-hybridized carbons (Fsp3) is 0.182. The zero-order chi connectivity index (χ0) is 12.3. The molecule has 1 aromatic heterocycles. The highest BCUT2D eigenvalue weighted by atomic mass is 32.1. The van der Waals surface area contributed by atoms with Crippen molar-refractivity contribution in [2.24, 2.45) is 0 Å². The molecule has 2 rings (SSSR count). The molecule has 1 heterocycles. The summed E-state index contributed by atoms with van der Waals surface area (Å²) in [6, 6.07) is 5.39. The van der Waals surface area contributed by atoms with E-state index in [0.717, 1.165) is 28.5 Å². The summed E-state index contributed by atoms with van der Waals surface area (Å²) in [6.45, 7) is 0.524. The van der Waals surface area contributed by atoms with E-state index in [-0.39, 0.29) is 4.87 Å². The number of hydrogen-bond donors (Lipinski definition) is 3. The van der Waals surface area contributed by atoms with Gasteiger partial charge in [0.15, 0.2) is 0 Å². The average molecular weight is 251 g/mol. The zero-order valence-corrected chi connectivity index (χ0v) is 10.1. The predicted octanol–water partition coefficient (Wildman–Crippen LogP) is 1.64. The minimum absolute atomic E-state index is 0.0552. The van der Waals surface area contributed by atoms with Crippen molar-refractivity contribution < 1.29 is 4.74 Å². The Hall–Kier alpha value is -1.95. The molecule has 0 amide bonds. The van der Waals surface area contributed by atoms with Crippen LogP contribution >= 0.6 is 11.3 Å². The van der Waals surface area contributed by atoms with E-state index in [0.29, 0.717) is 12.2 Å². The molecule has 0 aliphatic rings. The summed E-state index contributed by atoms with van der Waals surface area (Å²) in [5.41, 5.74) is 8.09. The van der Waals surface area contributed by atoms with Crippen molar-refractivity contribution in [1.29, 1.82) is 0 Å². The van der Waals surface area contributed by atoms with Gasteiger partial charge in [0.1, 0.15) is 5.75 Å². The Bertz CT molecular complexity index is 562. The molecule has 0 unspecified atom stereocenters. The van der Waals surface area contributed by atoms with Crippen molar-refractivity contribution in [2.45, 2.75) is 6.54 Å².